The van der Waals surface area contributed by atoms with E-state index in [0.717, 1.165) is 0 Å². The van der Waals surface area contributed by atoms with Crippen LogP contribution in [0, 0.1) is 0 Å². The first-order valence-electron chi connectivity index (χ1n) is 5.71. The summed E-state index contributed by atoms with van der Waals surface area (Å²) in [4.78, 5) is 15.5. The van der Waals surface area contributed by atoms with Crippen LogP contribution in [0.1, 0.15) is 15.9 Å². The summed E-state index contributed by atoms with van der Waals surface area (Å²) in [6, 6.07) is 13.6. The van der Waals surface area contributed by atoms with Crippen LogP contribution in [0.3, 0.4) is 0 Å². The van der Waals surface area contributed by atoms with Gasteiger partial charge in [-0.05, 0) is 36.4 Å². The first-order chi connectivity index (χ1) is 9.20. The number of aromatic hydroxyl groups is 1. The number of carbonyl (C=O) groups is 1. The minimum absolute atomic E-state index is 0.178. The van der Waals surface area contributed by atoms with Gasteiger partial charge in [0, 0.05) is 11.8 Å². The van der Waals surface area contributed by atoms with E-state index in [1.807, 2.05) is 6.07 Å². The lowest BCUT2D eigenvalue weighted by atomic mass is 10.2. The Morgan fingerprint density at radius 3 is 2.47 bits per heavy atom. The van der Waals surface area contributed by atoms with Crippen LogP contribution in [-0.4, -0.2) is 24.4 Å². The largest absolute Gasteiger partial charge is 0.507 e. The lowest BCUT2D eigenvalue weighted by molar-refractivity contribution is 0.0601. The molecule has 96 valence electrons. The fourth-order valence-corrected chi connectivity index (χ4v) is 1.54. The maximum atomic E-state index is 11.3. The first-order valence-corrected chi connectivity index (χ1v) is 5.71. The summed E-state index contributed by atoms with van der Waals surface area (Å²) in [7, 11) is 1.34. The van der Waals surface area contributed by atoms with Crippen LogP contribution in [-0.2, 0) is 4.74 Å². The Kier molecular flexibility index (Phi) is 3.93. The molecule has 0 aliphatic carbocycles. The molecule has 0 atom stereocenters. The lowest BCUT2D eigenvalue weighted by Gasteiger charge is -2.00. The average molecular weight is 255 g/mol. The molecule has 0 aliphatic rings. The third kappa shape index (κ3) is 3.19. The molecule has 4 nitrogen and oxygen atoms in total. The van der Waals surface area contributed by atoms with E-state index in [0.29, 0.717) is 16.8 Å². The standard InChI is InChI=1S/C15H13NO3/c1-19-15(18)11-6-8-13(9-7-11)16-10-12-4-2-3-5-14(12)17/h2-10,17H,1H3. The Hall–Kier alpha value is -2.62. The number of hydrogen-bond acceptors (Lipinski definition) is 4. The molecule has 0 aliphatic heterocycles. The van der Waals surface area contributed by atoms with Gasteiger partial charge in [0.1, 0.15) is 5.75 Å². The summed E-state index contributed by atoms with van der Waals surface area (Å²) in [5, 5.41) is 9.58. The van der Waals surface area contributed by atoms with Crippen molar-refractivity contribution in [2.24, 2.45) is 4.99 Å². The normalized spacial score (nSPS) is 10.6. The molecule has 0 unspecified atom stereocenters. The summed E-state index contributed by atoms with van der Waals surface area (Å²) in [6.45, 7) is 0. The molecule has 19 heavy (non-hydrogen) atoms. The highest BCUT2D eigenvalue weighted by atomic mass is 16.5. The minimum atomic E-state index is -0.378. The van der Waals surface area contributed by atoms with Gasteiger partial charge in [-0.1, -0.05) is 12.1 Å². The Labute approximate surface area is 111 Å². The van der Waals surface area contributed by atoms with Gasteiger partial charge in [0.2, 0.25) is 0 Å². The van der Waals surface area contributed by atoms with Gasteiger partial charge in [-0.25, -0.2) is 4.79 Å². The molecule has 2 aromatic rings. The number of ether oxygens (including phenoxy) is 1. The summed E-state index contributed by atoms with van der Waals surface area (Å²) in [5.74, 6) is -0.200. The van der Waals surface area contributed by atoms with Gasteiger partial charge in [-0.3, -0.25) is 4.99 Å². The van der Waals surface area contributed by atoms with Gasteiger partial charge in [-0.15, -0.1) is 0 Å². The highest BCUT2D eigenvalue weighted by Crippen LogP contribution is 2.17. The van der Waals surface area contributed by atoms with Gasteiger partial charge in [0.25, 0.3) is 0 Å². The van der Waals surface area contributed by atoms with E-state index < -0.39 is 0 Å². The summed E-state index contributed by atoms with van der Waals surface area (Å²) >= 11 is 0. The van der Waals surface area contributed by atoms with Crippen molar-refractivity contribution in [2.45, 2.75) is 0 Å². The molecule has 0 fully saturated rings. The van der Waals surface area contributed by atoms with Gasteiger partial charge < -0.3 is 9.84 Å². The van der Waals surface area contributed by atoms with E-state index in [4.69, 9.17) is 0 Å². The number of hydrogen-bond donors (Lipinski definition) is 1. The molecule has 2 aromatic carbocycles. The van der Waals surface area contributed by atoms with Gasteiger partial charge in [0.05, 0.1) is 18.4 Å². The predicted molar refractivity (Wildman–Crippen MR) is 73.1 cm³/mol. The lowest BCUT2D eigenvalue weighted by Crippen LogP contribution is -1.99. The Bertz CT molecular complexity index is 603. The van der Waals surface area contributed by atoms with Crippen molar-refractivity contribution >= 4 is 17.9 Å². The van der Waals surface area contributed by atoms with Crippen LogP contribution in [0.2, 0.25) is 0 Å². The van der Waals surface area contributed by atoms with Crippen molar-refractivity contribution < 1.29 is 14.6 Å². The van der Waals surface area contributed by atoms with Gasteiger partial charge in [0.15, 0.2) is 0 Å². The van der Waals surface area contributed by atoms with Crippen molar-refractivity contribution in [1.82, 2.24) is 0 Å². The number of carbonyl (C=O) groups excluding carboxylic acids is 1. The summed E-state index contributed by atoms with van der Waals surface area (Å²) in [5.41, 5.74) is 1.81. The van der Waals surface area contributed by atoms with Crippen LogP contribution in [0.25, 0.3) is 0 Å². The van der Waals surface area contributed by atoms with Crippen molar-refractivity contribution in [3.8, 4) is 5.75 Å². The summed E-state index contributed by atoms with van der Waals surface area (Å²) < 4.78 is 4.61. The van der Waals surface area contributed by atoms with Crippen LogP contribution in [0.5, 0.6) is 5.75 Å². The smallest absolute Gasteiger partial charge is 0.337 e. The van der Waals surface area contributed by atoms with Crippen molar-refractivity contribution in [2.75, 3.05) is 7.11 Å². The number of rotatable bonds is 3. The second-order valence-corrected chi connectivity index (χ2v) is 3.86. The monoisotopic (exact) mass is 255 g/mol. The molecule has 2 rings (SSSR count). The molecule has 0 saturated heterocycles. The van der Waals surface area contributed by atoms with Crippen LogP contribution in [0.15, 0.2) is 53.5 Å². The molecule has 0 heterocycles. The highest BCUT2D eigenvalue weighted by molar-refractivity contribution is 5.90. The third-order valence-electron chi connectivity index (χ3n) is 2.58. The number of para-hydroxylation sites is 1. The molecule has 0 aromatic heterocycles. The molecule has 0 radical (unpaired) electrons. The van der Waals surface area contributed by atoms with Crippen molar-refractivity contribution in [3.05, 3.63) is 59.7 Å². The minimum Gasteiger partial charge on any atom is -0.507 e. The van der Waals surface area contributed by atoms with Gasteiger partial charge in [-0.2, -0.15) is 0 Å². The first kappa shape index (κ1) is 12.8. The molecule has 1 N–H and O–H groups in total. The van der Waals surface area contributed by atoms with Crippen LogP contribution < -0.4 is 0 Å². The fraction of sp³-hybridized carbons (Fsp3) is 0.0667. The maximum absolute atomic E-state index is 11.3. The molecule has 0 saturated carbocycles. The molecule has 4 heteroatoms. The van der Waals surface area contributed by atoms with E-state index in [1.54, 1.807) is 48.7 Å². The Morgan fingerprint density at radius 1 is 1.16 bits per heavy atom. The zero-order valence-electron chi connectivity index (χ0n) is 10.4. The zero-order valence-corrected chi connectivity index (χ0v) is 10.4. The Balaban J connectivity index is 2.16. The van der Waals surface area contributed by atoms with Crippen molar-refractivity contribution in [1.29, 1.82) is 0 Å². The van der Waals surface area contributed by atoms with Gasteiger partial charge >= 0.3 is 5.97 Å². The number of nitrogens with zero attached hydrogens (tertiary/aromatic N) is 1. The topological polar surface area (TPSA) is 58.9 Å². The average Bonchev–Trinajstić information content (AvgIpc) is 2.46. The number of benzene rings is 2. The third-order valence-corrected chi connectivity index (χ3v) is 2.58. The zero-order chi connectivity index (χ0) is 13.7. The van der Waals surface area contributed by atoms with E-state index in [-0.39, 0.29) is 11.7 Å². The number of methoxy groups -OCH3 is 1. The molecule has 0 amide bonds. The fourth-order valence-electron chi connectivity index (χ4n) is 1.54. The second-order valence-electron chi connectivity index (χ2n) is 3.86. The van der Waals surface area contributed by atoms with Crippen molar-refractivity contribution in [3.63, 3.8) is 0 Å². The number of esters is 1. The quantitative estimate of drug-likeness (QED) is 0.677. The van der Waals surface area contributed by atoms with E-state index in [1.165, 1.54) is 7.11 Å². The Morgan fingerprint density at radius 2 is 1.84 bits per heavy atom. The van der Waals surface area contributed by atoms with Crippen LogP contribution >= 0.6 is 0 Å². The molecule has 0 spiro atoms. The van der Waals surface area contributed by atoms with Crippen LogP contribution in [0.4, 0.5) is 5.69 Å². The molecule has 0 bridgehead atoms. The summed E-state index contributed by atoms with van der Waals surface area (Å²) in [6.07, 6.45) is 1.57. The van der Waals surface area contributed by atoms with E-state index >= 15 is 0 Å². The predicted octanol–water partition coefficient (Wildman–Crippen LogP) is 2.93. The van der Waals surface area contributed by atoms with E-state index in [9.17, 15) is 9.90 Å². The second kappa shape index (κ2) is 5.82. The maximum Gasteiger partial charge on any atom is 0.337 e. The number of aliphatic imine (C=N–C) groups is 1. The molecular formula is C15H13NO3. The number of phenols is 1. The highest BCUT2D eigenvalue weighted by Gasteiger charge is 2.03. The van der Waals surface area contributed by atoms with E-state index in [2.05, 4.69) is 9.73 Å². The SMILES string of the molecule is COC(=O)c1ccc(N=Cc2ccccc2O)cc1. The molecular weight excluding hydrogens is 242 g/mol. The number of phenolic OH excluding ortho intramolecular Hbond substituents is 1.